The number of hydrogen-bond acceptors (Lipinski definition) is 4. The Bertz CT molecular complexity index is 789. The molecule has 29 heavy (non-hydrogen) atoms. The number of carbonyl (C=O) groups is 1. The molecule has 2 rings (SSSR count). The number of nitrogens with zero attached hydrogens (tertiary/aromatic N) is 2. The molecule has 1 amide bonds. The Kier molecular flexibility index (Phi) is 11.3. The summed E-state index contributed by atoms with van der Waals surface area (Å²) in [4.78, 5) is 16.4. The highest BCUT2D eigenvalue weighted by Gasteiger charge is 2.08. The number of anilines is 1. The molecular weight excluding hydrogens is 481 g/mol. The summed E-state index contributed by atoms with van der Waals surface area (Å²) in [5.41, 5.74) is 2.76. The Morgan fingerprint density at radius 3 is 2.66 bits per heavy atom. The number of aliphatic imine (C=N–C) groups is 1. The van der Waals surface area contributed by atoms with E-state index in [0.717, 1.165) is 35.7 Å². The fourth-order valence-electron chi connectivity index (χ4n) is 2.57. The number of nitrogens with one attached hydrogen (secondary N) is 3. The van der Waals surface area contributed by atoms with Crippen LogP contribution in [0, 0.1) is 0 Å². The number of rotatable bonds is 9. The number of benzene rings is 1. The van der Waals surface area contributed by atoms with Gasteiger partial charge in [-0.15, -0.1) is 24.0 Å². The zero-order chi connectivity index (χ0) is 20.4. The average molecular weight is 513 g/mol. The molecule has 1 aromatic heterocycles. The summed E-state index contributed by atoms with van der Waals surface area (Å²) < 4.78 is 5.35. The molecule has 7 nitrogen and oxygen atoms in total. The first kappa shape index (κ1) is 24.9. The molecule has 0 aliphatic heterocycles. The zero-order valence-electron chi connectivity index (χ0n) is 17.6. The molecule has 0 bridgehead atoms. The van der Waals surface area contributed by atoms with Crippen LogP contribution in [0.15, 0.2) is 39.8 Å². The van der Waals surface area contributed by atoms with Gasteiger partial charge in [0.1, 0.15) is 0 Å². The quantitative estimate of drug-likeness (QED) is 0.263. The van der Waals surface area contributed by atoms with E-state index in [1.165, 1.54) is 0 Å². The maximum atomic E-state index is 11.8. The van der Waals surface area contributed by atoms with Crippen LogP contribution < -0.4 is 16.0 Å². The van der Waals surface area contributed by atoms with Crippen molar-refractivity contribution in [2.75, 3.05) is 11.9 Å². The van der Waals surface area contributed by atoms with Crippen molar-refractivity contribution in [1.29, 1.82) is 0 Å². The second-order valence-electron chi connectivity index (χ2n) is 6.92. The van der Waals surface area contributed by atoms with Crippen molar-refractivity contribution in [3.63, 3.8) is 0 Å². The largest absolute Gasteiger partial charge is 0.359 e. The standard InChI is InChI=1S/C21H31N5O2.HI/c1-5-8-20(27)25-17-10-7-9-16(11-17)13-23-21(22-6-2)24-14-18-12-19(15(3)4)26-28-18;/h7,9-12,15H,5-6,8,13-14H2,1-4H3,(H,25,27)(H2,22,23,24);1H. The SMILES string of the molecule is CCCC(=O)Nc1cccc(CN=C(NCC)NCc2cc(C(C)C)no2)c1.I. The van der Waals surface area contributed by atoms with Gasteiger partial charge in [-0.3, -0.25) is 4.79 Å². The van der Waals surface area contributed by atoms with Crippen molar-refractivity contribution in [2.45, 2.75) is 59.5 Å². The third kappa shape index (κ3) is 8.84. The average Bonchev–Trinajstić information content (AvgIpc) is 3.14. The predicted molar refractivity (Wildman–Crippen MR) is 128 cm³/mol. The Morgan fingerprint density at radius 2 is 2.00 bits per heavy atom. The van der Waals surface area contributed by atoms with Gasteiger partial charge < -0.3 is 20.5 Å². The molecule has 0 aliphatic rings. The first-order valence-corrected chi connectivity index (χ1v) is 9.88. The molecule has 0 aliphatic carbocycles. The Balaban J connectivity index is 0.00000420. The van der Waals surface area contributed by atoms with Gasteiger partial charge in [0.05, 0.1) is 18.8 Å². The van der Waals surface area contributed by atoms with Gasteiger partial charge in [-0.25, -0.2) is 4.99 Å². The van der Waals surface area contributed by atoms with Gasteiger partial charge in [-0.05, 0) is 37.0 Å². The minimum atomic E-state index is 0. The van der Waals surface area contributed by atoms with Crippen LogP contribution >= 0.6 is 24.0 Å². The van der Waals surface area contributed by atoms with Crippen LogP contribution in [0.5, 0.6) is 0 Å². The van der Waals surface area contributed by atoms with E-state index in [9.17, 15) is 4.79 Å². The van der Waals surface area contributed by atoms with Crippen LogP contribution in [0.2, 0.25) is 0 Å². The smallest absolute Gasteiger partial charge is 0.224 e. The monoisotopic (exact) mass is 513 g/mol. The van der Waals surface area contributed by atoms with E-state index in [0.29, 0.717) is 31.4 Å². The maximum absolute atomic E-state index is 11.8. The summed E-state index contributed by atoms with van der Waals surface area (Å²) in [5, 5.41) is 13.5. The van der Waals surface area contributed by atoms with Crippen molar-refractivity contribution < 1.29 is 9.32 Å². The van der Waals surface area contributed by atoms with Crippen LogP contribution in [0.25, 0.3) is 0 Å². The fraction of sp³-hybridized carbons (Fsp3) is 0.476. The van der Waals surface area contributed by atoms with Gasteiger partial charge in [0.2, 0.25) is 5.91 Å². The zero-order valence-corrected chi connectivity index (χ0v) is 19.9. The highest BCUT2D eigenvalue weighted by atomic mass is 127. The van der Waals surface area contributed by atoms with Crippen LogP contribution in [0.1, 0.15) is 63.5 Å². The summed E-state index contributed by atoms with van der Waals surface area (Å²) in [6.07, 6.45) is 1.36. The summed E-state index contributed by atoms with van der Waals surface area (Å²) >= 11 is 0. The lowest BCUT2D eigenvalue weighted by atomic mass is 10.1. The van der Waals surface area contributed by atoms with Crippen molar-refractivity contribution >= 4 is 41.5 Å². The summed E-state index contributed by atoms with van der Waals surface area (Å²) in [7, 11) is 0. The van der Waals surface area contributed by atoms with Crippen molar-refractivity contribution in [2.24, 2.45) is 4.99 Å². The summed E-state index contributed by atoms with van der Waals surface area (Å²) in [5.74, 6) is 1.84. The molecule has 1 heterocycles. The van der Waals surface area contributed by atoms with Crippen LogP contribution in [-0.4, -0.2) is 23.6 Å². The third-order valence-corrected chi connectivity index (χ3v) is 4.05. The number of carbonyl (C=O) groups excluding carboxylic acids is 1. The minimum Gasteiger partial charge on any atom is -0.359 e. The normalized spacial score (nSPS) is 11.1. The number of amides is 1. The van der Waals surface area contributed by atoms with E-state index in [-0.39, 0.29) is 29.9 Å². The summed E-state index contributed by atoms with van der Waals surface area (Å²) in [6.45, 7) is 9.94. The summed E-state index contributed by atoms with van der Waals surface area (Å²) in [6, 6.07) is 9.72. The topological polar surface area (TPSA) is 91.5 Å². The van der Waals surface area contributed by atoms with E-state index in [1.807, 2.05) is 44.2 Å². The Morgan fingerprint density at radius 1 is 1.21 bits per heavy atom. The van der Waals surface area contributed by atoms with E-state index < -0.39 is 0 Å². The molecular formula is C21H32IN5O2. The van der Waals surface area contributed by atoms with Crippen LogP contribution in [0.3, 0.4) is 0 Å². The third-order valence-electron chi connectivity index (χ3n) is 4.05. The lowest BCUT2D eigenvalue weighted by Gasteiger charge is -2.10. The number of hydrogen-bond donors (Lipinski definition) is 3. The number of aromatic nitrogens is 1. The van der Waals surface area contributed by atoms with E-state index >= 15 is 0 Å². The predicted octanol–water partition coefficient (Wildman–Crippen LogP) is 4.41. The molecule has 8 heteroatoms. The van der Waals surface area contributed by atoms with Crippen molar-refractivity contribution in [1.82, 2.24) is 15.8 Å². The Hall–Kier alpha value is -2.10. The molecule has 0 atom stereocenters. The lowest BCUT2D eigenvalue weighted by molar-refractivity contribution is -0.116. The molecule has 0 unspecified atom stereocenters. The second kappa shape index (κ2) is 13.2. The molecule has 0 saturated heterocycles. The minimum absolute atomic E-state index is 0. The highest BCUT2D eigenvalue weighted by Crippen LogP contribution is 2.14. The van der Waals surface area contributed by atoms with E-state index in [1.54, 1.807) is 0 Å². The molecule has 160 valence electrons. The molecule has 0 saturated carbocycles. The van der Waals surface area contributed by atoms with Gasteiger partial charge in [-0.2, -0.15) is 0 Å². The maximum Gasteiger partial charge on any atom is 0.224 e. The van der Waals surface area contributed by atoms with Crippen molar-refractivity contribution in [3.05, 3.63) is 47.3 Å². The molecule has 2 aromatic rings. The lowest BCUT2D eigenvalue weighted by Crippen LogP contribution is -2.36. The molecule has 0 spiro atoms. The van der Waals surface area contributed by atoms with Gasteiger partial charge in [-0.1, -0.05) is 38.1 Å². The number of guanidine groups is 1. The van der Waals surface area contributed by atoms with Crippen molar-refractivity contribution in [3.8, 4) is 0 Å². The first-order valence-electron chi connectivity index (χ1n) is 9.88. The number of halogens is 1. The fourth-order valence-corrected chi connectivity index (χ4v) is 2.57. The van der Waals surface area contributed by atoms with Gasteiger partial charge >= 0.3 is 0 Å². The molecule has 0 fully saturated rings. The highest BCUT2D eigenvalue weighted by molar-refractivity contribution is 14.0. The Labute approximate surface area is 190 Å². The molecule has 1 aromatic carbocycles. The molecule has 0 radical (unpaired) electrons. The van der Waals surface area contributed by atoms with Gasteiger partial charge in [0, 0.05) is 24.7 Å². The van der Waals surface area contributed by atoms with Gasteiger partial charge in [0.25, 0.3) is 0 Å². The van der Waals surface area contributed by atoms with Crippen LogP contribution in [0.4, 0.5) is 5.69 Å². The van der Waals surface area contributed by atoms with E-state index in [2.05, 4.69) is 39.9 Å². The second-order valence-corrected chi connectivity index (χ2v) is 6.92. The molecule has 3 N–H and O–H groups in total. The van der Waals surface area contributed by atoms with Crippen LogP contribution in [-0.2, 0) is 17.9 Å². The van der Waals surface area contributed by atoms with Gasteiger partial charge in [0.15, 0.2) is 11.7 Å². The first-order chi connectivity index (χ1) is 13.5. The van der Waals surface area contributed by atoms with E-state index in [4.69, 9.17) is 4.52 Å².